The molecule has 1 rings (SSSR count). The molecule has 0 aliphatic carbocycles. The topological polar surface area (TPSA) is 44.7 Å². The van der Waals surface area contributed by atoms with Crippen LogP contribution in [0.4, 0.5) is 0 Å². The van der Waals surface area contributed by atoms with Crippen LogP contribution in [0, 0.1) is 0 Å². The van der Waals surface area contributed by atoms with E-state index in [4.69, 9.17) is 0 Å². The highest BCUT2D eigenvalue weighted by atomic mass is 16.1. The lowest BCUT2D eigenvalue weighted by Gasteiger charge is -2.17. The van der Waals surface area contributed by atoms with Gasteiger partial charge in [0.1, 0.15) is 0 Å². The monoisotopic (exact) mass is 153 g/mol. The van der Waals surface area contributed by atoms with Gasteiger partial charge in [0.2, 0.25) is 5.91 Å². The predicted molar refractivity (Wildman–Crippen MR) is 43.3 cm³/mol. The zero-order valence-corrected chi connectivity index (χ0v) is 6.45. The van der Waals surface area contributed by atoms with Crippen LogP contribution in [0.3, 0.4) is 0 Å². The Morgan fingerprint density at radius 3 is 3.18 bits per heavy atom. The molecule has 60 valence electrons. The lowest BCUT2D eigenvalue weighted by atomic mass is 10.4. The van der Waals surface area contributed by atoms with E-state index >= 15 is 0 Å². The Kier molecular flexibility index (Phi) is 2.66. The molecule has 0 aromatic carbocycles. The lowest BCUT2D eigenvalue weighted by Crippen LogP contribution is -2.34. The predicted octanol–water partition coefficient (Wildman–Crippen LogP) is -0.410. The van der Waals surface area contributed by atoms with Crippen LogP contribution in [0.2, 0.25) is 0 Å². The van der Waals surface area contributed by atoms with Gasteiger partial charge in [-0.1, -0.05) is 0 Å². The number of hydrogen-bond acceptors (Lipinski definition) is 3. The van der Waals surface area contributed by atoms with E-state index in [1.165, 1.54) is 0 Å². The summed E-state index contributed by atoms with van der Waals surface area (Å²) in [5.41, 5.74) is 0. The summed E-state index contributed by atoms with van der Waals surface area (Å²) >= 11 is 0. The van der Waals surface area contributed by atoms with Gasteiger partial charge in [0.25, 0.3) is 0 Å². The summed E-state index contributed by atoms with van der Waals surface area (Å²) in [6, 6.07) is 0. The van der Waals surface area contributed by atoms with Crippen molar-refractivity contribution >= 4 is 12.1 Å². The van der Waals surface area contributed by atoms with E-state index in [2.05, 4.69) is 10.3 Å². The second kappa shape index (κ2) is 3.75. The number of nitrogens with one attached hydrogen (secondary N) is 1. The molecule has 0 atom stereocenters. The summed E-state index contributed by atoms with van der Waals surface area (Å²) in [7, 11) is 1.63. The number of rotatable bonds is 2. The third kappa shape index (κ3) is 2.41. The second-order valence-electron chi connectivity index (χ2n) is 2.23. The molecule has 1 amide bonds. The summed E-state index contributed by atoms with van der Waals surface area (Å²) in [5, 5.41) is 2.55. The van der Waals surface area contributed by atoms with Crippen molar-refractivity contribution in [2.75, 3.05) is 20.1 Å². The standard InChI is InChI=1S/C7H11N3O/c1-8-7(11)6-10-4-2-9-3-5-10/h2-4H,5-6H2,1H3,(H,8,11). The molecular weight excluding hydrogens is 142 g/mol. The van der Waals surface area contributed by atoms with Gasteiger partial charge in [0.05, 0.1) is 13.1 Å². The minimum Gasteiger partial charge on any atom is -0.362 e. The molecule has 0 fully saturated rings. The van der Waals surface area contributed by atoms with E-state index in [1.54, 1.807) is 25.7 Å². The maximum atomic E-state index is 10.8. The molecule has 1 N–H and O–H groups in total. The summed E-state index contributed by atoms with van der Waals surface area (Å²) in [6.45, 7) is 1.11. The number of aliphatic imine (C=N–C) groups is 1. The van der Waals surface area contributed by atoms with Crippen LogP contribution in [0.15, 0.2) is 17.4 Å². The SMILES string of the molecule is CNC(=O)CN1C=CN=CC1. The zero-order chi connectivity index (χ0) is 8.10. The van der Waals surface area contributed by atoms with Crippen molar-refractivity contribution in [3.63, 3.8) is 0 Å². The van der Waals surface area contributed by atoms with Crippen LogP contribution in [-0.4, -0.2) is 37.2 Å². The fraction of sp³-hybridized carbons (Fsp3) is 0.429. The number of carbonyl (C=O) groups is 1. The van der Waals surface area contributed by atoms with Crippen molar-refractivity contribution in [3.05, 3.63) is 12.4 Å². The molecule has 0 radical (unpaired) electrons. The normalized spacial score (nSPS) is 15.2. The van der Waals surface area contributed by atoms with Crippen molar-refractivity contribution in [1.82, 2.24) is 10.2 Å². The summed E-state index contributed by atoms with van der Waals surface area (Å²) in [5.74, 6) is 0.0185. The average molecular weight is 153 g/mol. The Balaban J connectivity index is 2.33. The van der Waals surface area contributed by atoms with Gasteiger partial charge < -0.3 is 10.2 Å². The molecule has 0 aromatic heterocycles. The second-order valence-corrected chi connectivity index (χ2v) is 2.23. The van der Waals surface area contributed by atoms with Gasteiger partial charge in [0.15, 0.2) is 0 Å². The van der Waals surface area contributed by atoms with Crippen molar-refractivity contribution in [2.45, 2.75) is 0 Å². The molecule has 0 aromatic rings. The third-order valence-corrected chi connectivity index (χ3v) is 1.41. The van der Waals surface area contributed by atoms with Gasteiger partial charge in [-0.05, 0) is 0 Å². The van der Waals surface area contributed by atoms with Gasteiger partial charge in [-0.15, -0.1) is 0 Å². The first-order chi connectivity index (χ1) is 5.33. The number of amides is 1. The molecule has 1 aliphatic rings. The zero-order valence-electron chi connectivity index (χ0n) is 6.45. The fourth-order valence-corrected chi connectivity index (χ4v) is 0.787. The minimum atomic E-state index is 0.0185. The Morgan fingerprint density at radius 2 is 2.64 bits per heavy atom. The lowest BCUT2D eigenvalue weighted by molar-refractivity contribution is -0.121. The first-order valence-electron chi connectivity index (χ1n) is 3.46. The van der Waals surface area contributed by atoms with E-state index in [1.807, 2.05) is 4.90 Å². The smallest absolute Gasteiger partial charge is 0.239 e. The molecule has 11 heavy (non-hydrogen) atoms. The molecule has 0 bridgehead atoms. The Hall–Kier alpha value is -1.32. The van der Waals surface area contributed by atoms with E-state index in [0.717, 1.165) is 0 Å². The van der Waals surface area contributed by atoms with Crippen LogP contribution in [-0.2, 0) is 4.79 Å². The van der Waals surface area contributed by atoms with E-state index in [-0.39, 0.29) is 5.91 Å². The highest BCUT2D eigenvalue weighted by Gasteiger charge is 2.04. The quantitative estimate of drug-likeness (QED) is 0.586. The van der Waals surface area contributed by atoms with E-state index < -0.39 is 0 Å². The summed E-state index contributed by atoms with van der Waals surface area (Å²) < 4.78 is 0. The van der Waals surface area contributed by atoms with Crippen LogP contribution in [0.1, 0.15) is 0 Å². The van der Waals surface area contributed by atoms with Gasteiger partial charge in [-0.3, -0.25) is 9.79 Å². The van der Waals surface area contributed by atoms with Gasteiger partial charge >= 0.3 is 0 Å². The number of carbonyl (C=O) groups excluding carboxylic acids is 1. The van der Waals surface area contributed by atoms with Crippen LogP contribution in [0.25, 0.3) is 0 Å². The van der Waals surface area contributed by atoms with Crippen LogP contribution >= 0.6 is 0 Å². The first-order valence-corrected chi connectivity index (χ1v) is 3.46. The van der Waals surface area contributed by atoms with Crippen molar-refractivity contribution in [3.8, 4) is 0 Å². The molecule has 0 unspecified atom stereocenters. The molecular formula is C7H11N3O. The van der Waals surface area contributed by atoms with Crippen LogP contribution in [0.5, 0.6) is 0 Å². The Bertz CT molecular complexity index is 198. The van der Waals surface area contributed by atoms with Gasteiger partial charge in [-0.25, -0.2) is 0 Å². The van der Waals surface area contributed by atoms with Crippen molar-refractivity contribution < 1.29 is 4.79 Å². The number of likely N-dealkylation sites (N-methyl/N-ethyl adjacent to an activating group) is 1. The highest BCUT2D eigenvalue weighted by molar-refractivity contribution is 5.78. The minimum absolute atomic E-state index is 0.0185. The first kappa shape index (κ1) is 7.78. The Morgan fingerprint density at radius 1 is 1.82 bits per heavy atom. The summed E-state index contributed by atoms with van der Waals surface area (Å²) in [6.07, 6.45) is 5.24. The fourth-order valence-electron chi connectivity index (χ4n) is 0.787. The van der Waals surface area contributed by atoms with Gasteiger partial charge in [-0.2, -0.15) is 0 Å². The molecule has 0 saturated heterocycles. The van der Waals surface area contributed by atoms with Crippen LogP contribution < -0.4 is 5.32 Å². The number of nitrogens with zero attached hydrogens (tertiary/aromatic N) is 2. The summed E-state index contributed by atoms with van der Waals surface area (Å²) in [4.78, 5) is 16.6. The molecule has 4 heteroatoms. The number of hydrogen-bond donors (Lipinski definition) is 1. The van der Waals surface area contributed by atoms with Crippen molar-refractivity contribution in [1.29, 1.82) is 0 Å². The largest absolute Gasteiger partial charge is 0.362 e. The average Bonchev–Trinajstić information content (AvgIpc) is 2.06. The molecule has 0 saturated carbocycles. The molecule has 1 aliphatic heterocycles. The maximum absolute atomic E-state index is 10.8. The van der Waals surface area contributed by atoms with Crippen molar-refractivity contribution in [2.24, 2.45) is 4.99 Å². The van der Waals surface area contributed by atoms with E-state index in [0.29, 0.717) is 13.1 Å². The highest BCUT2D eigenvalue weighted by Crippen LogP contribution is 1.93. The molecule has 4 nitrogen and oxygen atoms in total. The third-order valence-electron chi connectivity index (χ3n) is 1.41. The van der Waals surface area contributed by atoms with E-state index in [9.17, 15) is 4.79 Å². The molecule has 0 spiro atoms. The van der Waals surface area contributed by atoms with Gasteiger partial charge in [0, 0.05) is 25.7 Å². The Labute approximate surface area is 65.6 Å². The molecule has 1 heterocycles. The maximum Gasteiger partial charge on any atom is 0.239 e.